The van der Waals surface area contributed by atoms with Gasteiger partial charge in [-0.2, -0.15) is 0 Å². The fourth-order valence-electron chi connectivity index (χ4n) is 6.09. The second-order valence-corrected chi connectivity index (χ2v) is 8.80. The first-order valence-electron chi connectivity index (χ1n) is 9.61. The molecule has 1 amide bonds. The highest BCUT2D eigenvalue weighted by molar-refractivity contribution is 5.90. The van der Waals surface area contributed by atoms with Crippen LogP contribution in [0.2, 0.25) is 0 Å². The monoisotopic (exact) mass is 356 g/mol. The highest BCUT2D eigenvalue weighted by Gasteiger charge is 2.57. The van der Waals surface area contributed by atoms with Crippen LogP contribution in [0, 0.1) is 17.3 Å². The summed E-state index contributed by atoms with van der Waals surface area (Å²) in [5.41, 5.74) is 4.10. The number of carbonyl (C=O) groups is 1. The van der Waals surface area contributed by atoms with Crippen molar-refractivity contribution in [2.45, 2.75) is 50.6 Å². The zero-order valence-electron chi connectivity index (χ0n) is 15.1. The van der Waals surface area contributed by atoms with Crippen molar-refractivity contribution in [2.75, 3.05) is 6.61 Å². The maximum absolute atomic E-state index is 11.0. The van der Waals surface area contributed by atoms with Crippen molar-refractivity contribution >= 4 is 12.0 Å². The lowest BCUT2D eigenvalue weighted by molar-refractivity contribution is -0.124. The number of hydrogen-bond acceptors (Lipinski definition) is 4. The summed E-state index contributed by atoms with van der Waals surface area (Å²) in [4.78, 5) is 11.0. The normalized spacial score (nSPS) is 35.2. The Labute approximate surface area is 154 Å². The molecule has 2 atom stereocenters. The minimum atomic E-state index is -0.532. The Hall–Kier alpha value is -1.69. The van der Waals surface area contributed by atoms with Crippen molar-refractivity contribution in [1.82, 2.24) is 10.8 Å². The molecule has 4 aliphatic carbocycles. The average molecular weight is 356 g/mol. The van der Waals surface area contributed by atoms with Crippen LogP contribution in [0.3, 0.4) is 0 Å². The summed E-state index contributed by atoms with van der Waals surface area (Å²) < 4.78 is 0. The highest BCUT2D eigenvalue weighted by Crippen LogP contribution is 2.61. The minimum absolute atomic E-state index is 0.166. The van der Waals surface area contributed by atoms with Crippen molar-refractivity contribution in [3.63, 3.8) is 0 Å². The van der Waals surface area contributed by atoms with Gasteiger partial charge in [-0.15, -0.1) is 0 Å². The number of aliphatic hydroxyl groups excluding tert-OH is 1. The van der Waals surface area contributed by atoms with Crippen molar-refractivity contribution in [3.8, 4) is 0 Å². The van der Waals surface area contributed by atoms with Crippen molar-refractivity contribution in [1.29, 1.82) is 0 Å². The summed E-state index contributed by atoms with van der Waals surface area (Å²) >= 11 is 0. The molecule has 4 saturated carbocycles. The third-order valence-electron chi connectivity index (χ3n) is 6.70. The molecule has 4 aliphatic rings. The molecule has 0 radical (unpaired) electrons. The summed E-state index contributed by atoms with van der Waals surface area (Å²) in [6.45, 7) is 1.17. The molecule has 2 unspecified atom stereocenters. The number of benzene rings is 1. The van der Waals surface area contributed by atoms with Crippen molar-refractivity contribution < 1.29 is 15.1 Å². The van der Waals surface area contributed by atoms with Gasteiger partial charge in [0, 0.05) is 24.8 Å². The largest absolute Gasteiger partial charge is 0.396 e. The van der Waals surface area contributed by atoms with Gasteiger partial charge in [-0.1, -0.05) is 24.3 Å². The lowest BCUT2D eigenvalue weighted by Crippen LogP contribution is -2.62. The summed E-state index contributed by atoms with van der Waals surface area (Å²) in [7, 11) is 0. The Balaban J connectivity index is 1.40. The van der Waals surface area contributed by atoms with E-state index in [0.29, 0.717) is 6.61 Å². The lowest BCUT2D eigenvalue weighted by Gasteiger charge is -2.62. The first kappa shape index (κ1) is 17.7. The van der Waals surface area contributed by atoms with Gasteiger partial charge in [0.2, 0.25) is 0 Å². The standard InChI is InChI=1S/C21H28N2O3/c24-14-20-8-17-7-18(9-20)11-21(10-17,13-20)22-12-16-3-1-15(2-4-16)5-6-19(25)23-26/h1-6,17-18,22,24,26H,7-14H2,(H,23,25)/b6-5+. The van der Waals surface area contributed by atoms with Gasteiger partial charge in [-0.25, -0.2) is 5.48 Å². The second-order valence-electron chi connectivity index (χ2n) is 8.80. The Morgan fingerprint density at radius 2 is 1.85 bits per heavy atom. The van der Waals surface area contributed by atoms with Gasteiger partial charge < -0.3 is 10.4 Å². The highest BCUT2D eigenvalue weighted by atomic mass is 16.5. The van der Waals surface area contributed by atoms with Crippen LogP contribution < -0.4 is 10.8 Å². The quantitative estimate of drug-likeness (QED) is 0.359. The maximum Gasteiger partial charge on any atom is 0.267 e. The molecule has 4 N–H and O–H groups in total. The van der Waals surface area contributed by atoms with Gasteiger partial charge in [0.15, 0.2) is 0 Å². The van der Waals surface area contributed by atoms with Gasteiger partial charge in [0.1, 0.15) is 0 Å². The zero-order valence-corrected chi connectivity index (χ0v) is 15.1. The molecule has 0 heterocycles. The Kier molecular flexibility index (Phi) is 4.63. The zero-order chi connectivity index (χ0) is 18.2. The van der Waals surface area contributed by atoms with E-state index >= 15 is 0 Å². The van der Waals surface area contributed by atoms with Gasteiger partial charge >= 0.3 is 0 Å². The van der Waals surface area contributed by atoms with E-state index < -0.39 is 5.91 Å². The number of carbonyl (C=O) groups excluding carboxylic acids is 1. The summed E-state index contributed by atoms with van der Waals surface area (Å²) in [6, 6.07) is 8.11. The summed E-state index contributed by atoms with van der Waals surface area (Å²) in [5.74, 6) is 1.03. The van der Waals surface area contributed by atoms with Crippen LogP contribution in [-0.4, -0.2) is 28.4 Å². The maximum atomic E-state index is 11.0. The van der Waals surface area contributed by atoms with E-state index in [-0.39, 0.29) is 11.0 Å². The number of hydroxylamine groups is 1. The fourth-order valence-corrected chi connectivity index (χ4v) is 6.09. The second kappa shape index (κ2) is 6.80. The molecular formula is C21H28N2O3. The van der Waals surface area contributed by atoms with Crippen LogP contribution in [0.4, 0.5) is 0 Å². The Morgan fingerprint density at radius 3 is 2.46 bits per heavy atom. The first-order valence-corrected chi connectivity index (χ1v) is 9.61. The number of nitrogens with one attached hydrogen (secondary N) is 2. The molecule has 0 aromatic heterocycles. The van der Waals surface area contributed by atoms with Crippen molar-refractivity contribution in [2.24, 2.45) is 17.3 Å². The van der Waals surface area contributed by atoms with E-state index in [1.165, 1.54) is 43.7 Å². The average Bonchev–Trinajstić information content (AvgIpc) is 2.64. The third-order valence-corrected chi connectivity index (χ3v) is 6.70. The minimum Gasteiger partial charge on any atom is -0.396 e. The van der Waals surface area contributed by atoms with Crippen molar-refractivity contribution in [3.05, 3.63) is 41.5 Å². The topological polar surface area (TPSA) is 81.6 Å². The molecule has 5 heteroatoms. The molecule has 5 rings (SSSR count). The van der Waals surface area contributed by atoms with E-state index in [9.17, 15) is 9.90 Å². The lowest BCUT2D eigenvalue weighted by atomic mass is 9.47. The van der Waals surface area contributed by atoms with Crippen LogP contribution in [0.25, 0.3) is 6.08 Å². The molecule has 140 valence electrons. The van der Waals surface area contributed by atoms with E-state index in [0.717, 1.165) is 30.4 Å². The Morgan fingerprint density at radius 1 is 1.15 bits per heavy atom. The number of hydrogen-bond donors (Lipinski definition) is 4. The van der Waals surface area contributed by atoms with Crippen LogP contribution in [0.5, 0.6) is 0 Å². The Bertz CT molecular complexity index is 684. The summed E-state index contributed by atoms with van der Waals surface area (Å²) in [6.07, 6.45) is 10.4. The summed E-state index contributed by atoms with van der Waals surface area (Å²) in [5, 5.41) is 22.4. The predicted molar refractivity (Wildman–Crippen MR) is 99.2 cm³/mol. The number of aliphatic hydroxyl groups is 1. The first-order chi connectivity index (χ1) is 12.5. The molecule has 4 fully saturated rings. The number of amides is 1. The van der Waals surface area contributed by atoms with E-state index in [2.05, 4.69) is 17.4 Å². The van der Waals surface area contributed by atoms with Gasteiger partial charge in [0.25, 0.3) is 5.91 Å². The number of rotatable bonds is 6. The molecule has 1 aromatic rings. The third kappa shape index (κ3) is 3.43. The van der Waals surface area contributed by atoms with E-state index in [1.807, 2.05) is 12.1 Å². The SMILES string of the molecule is O=C(/C=C/c1ccc(CNC23CC4CC(CC(CO)(C4)C2)C3)cc1)NO. The van der Waals surface area contributed by atoms with Crippen LogP contribution >= 0.6 is 0 Å². The van der Waals surface area contributed by atoms with Crippen LogP contribution in [0.15, 0.2) is 30.3 Å². The fraction of sp³-hybridized carbons (Fsp3) is 0.571. The molecular weight excluding hydrogens is 328 g/mol. The molecule has 26 heavy (non-hydrogen) atoms. The predicted octanol–water partition coefficient (Wildman–Crippen LogP) is 2.63. The smallest absolute Gasteiger partial charge is 0.267 e. The molecule has 0 saturated heterocycles. The van der Waals surface area contributed by atoms with Crippen LogP contribution in [0.1, 0.15) is 49.7 Å². The van der Waals surface area contributed by atoms with Gasteiger partial charge in [-0.05, 0) is 73.0 Å². The van der Waals surface area contributed by atoms with Gasteiger partial charge in [0.05, 0.1) is 0 Å². The molecule has 4 bridgehead atoms. The molecule has 0 aliphatic heterocycles. The molecule has 0 spiro atoms. The van der Waals surface area contributed by atoms with E-state index in [1.54, 1.807) is 11.6 Å². The molecule has 5 nitrogen and oxygen atoms in total. The molecule has 1 aromatic carbocycles. The van der Waals surface area contributed by atoms with Gasteiger partial charge in [-0.3, -0.25) is 10.0 Å². The van der Waals surface area contributed by atoms with E-state index in [4.69, 9.17) is 5.21 Å². The van der Waals surface area contributed by atoms with Crippen LogP contribution in [-0.2, 0) is 11.3 Å².